The minimum atomic E-state index is -0.554. The molecule has 4 aromatic rings. The first-order valence-electron chi connectivity index (χ1n) is 12.6. The third-order valence-corrected chi connectivity index (χ3v) is 6.65. The average Bonchev–Trinajstić information content (AvgIpc) is 2.89. The van der Waals surface area contributed by atoms with Crippen LogP contribution in [0.25, 0.3) is 0 Å². The highest BCUT2D eigenvalue weighted by molar-refractivity contribution is 7.99. The summed E-state index contributed by atoms with van der Waals surface area (Å²) < 4.78 is 24.9. The summed E-state index contributed by atoms with van der Waals surface area (Å²) in [6.07, 6.45) is 0.396. The molecule has 0 radical (unpaired) electrons. The number of hydrogen-bond acceptors (Lipinski definition) is 4. The van der Waals surface area contributed by atoms with Gasteiger partial charge in [0.25, 0.3) is 0 Å². The molecule has 0 aliphatic carbocycles. The zero-order chi connectivity index (χ0) is 27.0. The predicted octanol–water partition coefficient (Wildman–Crippen LogP) is 8.75. The first kappa shape index (κ1) is 27.3. The van der Waals surface area contributed by atoms with Crippen LogP contribution in [0.4, 0.5) is 9.18 Å². The molecule has 0 aliphatic heterocycles. The van der Waals surface area contributed by atoms with E-state index in [2.05, 4.69) is 24.3 Å². The fraction of sp³-hybridized carbons (Fsp3) is 0.219. The van der Waals surface area contributed by atoms with Gasteiger partial charge in [-0.05, 0) is 86.8 Å². The Bertz CT molecular complexity index is 1320. The molecule has 0 bridgehead atoms. The fourth-order valence-electron chi connectivity index (χ4n) is 3.73. The minimum Gasteiger partial charge on any atom is -0.456 e. The van der Waals surface area contributed by atoms with Gasteiger partial charge in [0.05, 0.1) is 4.90 Å². The van der Waals surface area contributed by atoms with E-state index in [4.69, 9.17) is 9.47 Å². The van der Waals surface area contributed by atoms with Gasteiger partial charge in [0.15, 0.2) is 0 Å². The Kier molecular flexibility index (Phi) is 9.08. The Morgan fingerprint density at radius 1 is 0.816 bits per heavy atom. The number of hydrogen-bond donors (Lipinski definition) is 0. The molecule has 0 fully saturated rings. The highest BCUT2D eigenvalue weighted by Crippen LogP contribution is 2.37. The predicted molar refractivity (Wildman–Crippen MR) is 150 cm³/mol. The van der Waals surface area contributed by atoms with Crippen LogP contribution >= 0.6 is 11.8 Å². The van der Waals surface area contributed by atoms with Gasteiger partial charge in [-0.15, -0.1) is 0 Å². The number of rotatable bonds is 9. The number of nitrogens with zero attached hydrogens (tertiary/aromatic N) is 1. The van der Waals surface area contributed by atoms with Crippen molar-refractivity contribution in [2.45, 2.75) is 49.1 Å². The molecule has 196 valence electrons. The maximum Gasteiger partial charge on any atom is 0.410 e. The van der Waals surface area contributed by atoms with Gasteiger partial charge < -0.3 is 14.4 Å². The Hall–Kier alpha value is -3.77. The van der Waals surface area contributed by atoms with Crippen LogP contribution in [-0.4, -0.2) is 23.1 Å². The second kappa shape index (κ2) is 12.7. The summed E-state index contributed by atoms with van der Waals surface area (Å²) in [7, 11) is 0. The molecule has 0 heterocycles. The summed E-state index contributed by atoms with van der Waals surface area (Å²) in [5.41, 5.74) is 1.64. The van der Waals surface area contributed by atoms with Gasteiger partial charge in [0.2, 0.25) is 0 Å². The molecule has 6 heteroatoms. The van der Waals surface area contributed by atoms with E-state index in [1.165, 1.54) is 12.1 Å². The molecule has 4 rings (SSSR count). The second-order valence-corrected chi connectivity index (χ2v) is 11.0. The zero-order valence-electron chi connectivity index (χ0n) is 21.9. The van der Waals surface area contributed by atoms with Crippen molar-refractivity contribution in [3.63, 3.8) is 0 Å². The molecule has 0 unspecified atom stereocenters. The number of benzene rings is 4. The van der Waals surface area contributed by atoms with Crippen LogP contribution in [0.2, 0.25) is 0 Å². The number of ether oxygens (including phenoxy) is 2. The largest absolute Gasteiger partial charge is 0.456 e. The van der Waals surface area contributed by atoms with Gasteiger partial charge >= 0.3 is 6.09 Å². The number of amides is 1. The molecule has 0 saturated heterocycles. The van der Waals surface area contributed by atoms with Crippen LogP contribution in [0.3, 0.4) is 0 Å². The zero-order valence-corrected chi connectivity index (χ0v) is 22.7. The first-order chi connectivity index (χ1) is 18.2. The maximum atomic E-state index is 13.2. The number of para-hydroxylation sites is 1. The van der Waals surface area contributed by atoms with E-state index in [0.717, 1.165) is 20.9 Å². The summed E-state index contributed by atoms with van der Waals surface area (Å²) in [5, 5.41) is 0. The molecule has 0 saturated carbocycles. The smallest absolute Gasteiger partial charge is 0.410 e. The molecule has 1 amide bonds. The monoisotopic (exact) mass is 529 g/mol. The number of carbonyl (C=O) groups is 1. The SMILES string of the molecule is CC(C)(C)OC(=O)N(CCc1ccc(Sc2ccccc2Oc2ccc(F)cc2)cc1)Cc1ccccc1. The van der Waals surface area contributed by atoms with Crippen molar-refractivity contribution in [2.24, 2.45) is 0 Å². The lowest BCUT2D eigenvalue weighted by molar-refractivity contribution is 0.0236. The lowest BCUT2D eigenvalue weighted by atomic mass is 10.1. The van der Waals surface area contributed by atoms with Crippen molar-refractivity contribution >= 4 is 17.9 Å². The fourth-order valence-corrected chi connectivity index (χ4v) is 4.61. The molecule has 0 N–H and O–H groups in total. The van der Waals surface area contributed by atoms with E-state index in [1.807, 2.05) is 75.4 Å². The quantitative estimate of drug-likeness (QED) is 0.217. The van der Waals surface area contributed by atoms with Crippen LogP contribution in [0.1, 0.15) is 31.9 Å². The summed E-state index contributed by atoms with van der Waals surface area (Å²) in [6.45, 7) is 6.68. The van der Waals surface area contributed by atoms with E-state index >= 15 is 0 Å². The van der Waals surface area contributed by atoms with Crippen molar-refractivity contribution in [1.82, 2.24) is 4.90 Å². The molecular weight excluding hydrogens is 497 g/mol. The van der Waals surface area contributed by atoms with Crippen LogP contribution in [-0.2, 0) is 17.7 Å². The normalized spacial score (nSPS) is 11.2. The molecule has 0 aliphatic rings. The van der Waals surface area contributed by atoms with Gasteiger partial charge in [-0.2, -0.15) is 0 Å². The standard InChI is InChI=1S/C32H32FNO3S/c1-32(2,3)37-31(35)34(23-25-9-5-4-6-10-25)22-21-24-13-19-28(20-14-24)38-30-12-8-7-11-29(30)36-27-17-15-26(33)16-18-27/h4-20H,21-23H2,1-3H3. The summed E-state index contributed by atoms with van der Waals surface area (Å²) >= 11 is 1.60. The lowest BCUT2D eigenvalue weighted by Gasteiger charge is -2.27. The average molecular weight is 530 g/mol. The van der Waals surface area contributed by atoms with Crippen molar-refractivity contribution in [1.29, 1.82) is 0 Å². The van der Waals surface area contributed by atoms with Gasteiger partial charge in [0, 0.05) is 18.0 Å². The highest BCUT2D eigenvalue weighted by atomic mass is 32.2. The van der Waals surface area contributed by atoms with E-state index in [0.29, 0.717) is 31.0 Å². The van der Waals surface area contributed by atoms with Crippen molar-refractivity contribution in [3.05, 3.63) is 120 Å². The molecular formula is C32H32FNO3S. The summed E-state index contributed by atoms with van der Waals surface area (Å²) in [4.78, 5) is 16.7. The Labute approximate surface area is 228 Å². The molecule has 0 aromatic heterocycles. The van der Waals surface area contributed by atoms with E-state index < -0.39 is 5.60 Å². The molecule has 0 spiro atoms. The van der Waals surface area contributed by atoms with E-state index in [9.17, 15) is 9.18 Å². The Morgan fingerprint density at radius 3 is 2.16 bits per heavy atom. The third kappa shape index (κ3) is 8.38. The molecule has 38 heavy (non-hydrogen) atoms. The molecule has 4 aromatic carbocycles. The van der Waals surface area contributed by atoms with Crippen molar-refractivity contribution in [2.75, 3.05) is 6.54 Å². The van der Waals surface area contributed by atoms with Gasteiger partial charge in [0.1, 0.15) is 22.9 Å². The van der Waals surface area contributed by atoms with Crippen LogP contribution in [0, 0.1) is 5.82 Å². The minimum absolute atomic E-state index is 0.297. The van der Waals surface area contributed by atoms with Crippen LogP contribution in [0.5, 0.6) is 11.5 Å². The third-order valence-electron chi connectivity index (χ3n) is 5.58. The van der Waals surface area contributed by atoms with Crippen LogP contribution < -0.4 is 4.74 Å². The Balaban J connectivity index is 1.40. The number of halogens is 1. The van der Waals surface area contributed by atoms with E-state index in [-0.39, 0.29) is 11.9 Å². The van der Waals surface area contributed by atoms with Crippen molar-refractivity contribution in [3.8, 4) is 11.5 Å². The van der Waals surface area contributed by atoms with Gasteiger partial charge in [-0.1, -0.05) is 66.4 Å². The first-order valence-corrected chi connectivity index (χ1v) is 13.4. The summed E-state index contributed by atoms with van der Waals surface area (Å²) in [5.74, 6) is 0.997. The maximum absolute atomic E-state index is 13.2. The van der Waals surface area contributed by atoms with Gasteiger partial charge in [-0.25, -0.2) is 9.18 Å². The second-order valence-electron chi connectivity index (χ2n) is 9.89. The van der Waals surface area contributed by atoms with Gasteiger partial charge in [-0.3, -0.25) is 0 Å². The highest BCUT2D eigenvalue weighted by Gasteiger charge is 2.22. The summed E-state index contributed by atoms with van der Waals surface area (Å²) in [6, 6.07) is 32.0. The number of carbonyl (C=O) groups excluding carboxylic acids is 1. The molecule has 4 nitrogen and oxygen atoms in total. The van der Waals surface area contributed by atoms with Crippen LogP contribution in [0.15, 0.2) is 113 Å². The van der Waals surface area contributed by atoms with E-state index in [1.54, 1.807) is 28.8 Å². The Morgan fingerprint density at radius 2 is 1.47 bits per heavy atom. The molecule has 0 atom stereocenters. The van der Waals surface area contributed by atoms with Crippen molar-refractivity contribution < 1.29 is 18.7 Å². The topological polar surface area (TPSA) is 38.8 Å². The lowest BCUT2D eigenvalue weighted by Crippen LogP contribution is -2.37.